The van der Waals surface area contributed by atoms with Gasteiger partial charge in [-0.05, 0) is 54.1 Å². The maximum absolute atomic E-state index is 15.1. The topological polar surface area (TPSA) is 112 Å². The number of nitrogens with zero attached hydrogens (tertiary/aromatic N) is 3. The number of halogens is 3. The Morgan fingerprint density at radius 2 is 1.76 bits per heavy atom. The Morgan fingerprint density at radius 3 is 2.53 bits per heavy atom. The quantitative estimate of drug-likeness (QED) is 0.285. The lowest BCUT2D eigenvalue weighted by molar-refractivity contribution is 0.0697. The van der Waals surface area contributed by atoms with Gasteiger partial charge in [0.15, 0.2) is 0 Å². The fourth-order valence-electron chi connectivity index (χ4n) is 3.91. The zero-order valence-corrected chi connectivity index (χ0v) is 19.5. The second kappa shape index (κ2) is 10.1. The molecule has 0 saturated heterocycles. The lowest BCUT2D eigenvalue weighted by Crippen LogP contribution is -2.02. The van der Waals surface area contributed by atoms with Crippen molar-refractivity contribution in [3.63, 3.8) is 0 Å². The molecule has 38 heavy (non-hydrogen) atoms. The Hall–Kier alpha value is -5.17. The van der Waals surface area contributed by atoms with E-state index in [1.165, 1.54) is 42.5 Å². The highest BCUT2D eigenvalue weighted by molar-refractivity contribution is 5.92. The van der Waals surface area contributed by atoms with Crippen LogP contribution in [0, 0.1) is 28.8 Å². The molecule has 7 nitrogen and oxygen atoms in total. The van der Waals surface area contributed by atoms with Crippen LogP contribution in [0.5, 0.6) is 5.88 Å². The molecule has 5 aromatic rings. The molecule has 0 aliphatic carbocycles. The number of hydrogen-bond donors (Lipinski definition) is 2. The molecule has 0 saturated carbocycles. The molecule has 10 heteroatoms. The summed E-state index contributed by atoms with van der Waals surface area (Å²) in [6.45, 7) is -0.171. The van der Waals surface area contributed by atoms with Crippen LogP contribution < -0.4 is 4.74 Å². The van der Waals surface area contributed by atoms with Crippen molar-refractivity contribution >= 4 is 17.0 Å². The van der Waals surface area contributed by atoms with Crippen LogP contribution in [0.4, 0.5) is 13.2 Å². The highest BCUT2D eigenvalue weighted by Crippen LogP contribution is 2.27. The van der Waals surface area contributed by atoms with Crippen LogP contribution in [0.15, 0.2) is 66.7 Å². The van der Waals surface area contributed by atoms with Crippen molar-refractivity contribution in [1.82, 2.24) is 15.0 Å². The van der Waals surface area contributed by atoms with Crippen LogP contribution in [0.3, 0.4) is 0 Å². The number of ether oxygens (including phenoxy) is 1. The normalized spacial score (nSPS) is 10.9. The first-order chi connectivity index (χ1) is 18.3. The average Bonchev–Trinajstić information content (AvgIpc) is 3.31. The van der Waals surface area contributed by atoms with Gasteiger partial charge in [-0.15, -0.1) is 0 Å². The van der Waals surface area contributed by atoms with E-state index in [4.69, 9.17) is 15.1 Å². The second-order valence-corrected chi connectivity index (χ2v) is 8.39. The number of aromatic nitrogens is 3. The molecule has 0 bridgehead atoms. The molecule has 0 radical (unpaired) electrons. The number of imidazole rings is 1. The minimum absolute atomic E-state index is 0.0486. The first kappa shape index (κ1) is 24.5. The number of hydrogen-bond acceptors (Lipinski definition) is 5. The molecule has 2 heterocycles. The van der Waals surface area contributed by atoms with Gasteiger partial charge in [0.1, 0.15) is 29.9 Å². The number of aromatic amines is 1. The molecule has 5 rings (SSSR count). The summed E-state index contributed by atoms with van der Waals surface area (Å²) in [5.74, 6) is -2.66. The number of carbonyl (C=O) groups is 1. The molecule has 0 aliphatic heterocycles. The number of aromatic carboxylic acids is 1. The van der Waals surface area contributed by atoms with Gasteiger partial charge in [-0.1, -0.05) is 12.1 Å². The summed E-state index contributed by atoms with van der Waals surface area (Å²) in [6, 6.07) is 16.8. The van der Waals surface area contributed by atoms with Crippen LogP contribution >= 0.6 is 0 Å². The zero-order chi connectivity index (χ0) is 26.8. The number of rotatable bonds is 7. The number of H-pyrrole nitrogens is 1. The number of carboxylic acids is 1. The summed E-state index contributed by atoms with van der Waals surface area (Å²) in [6.07, 6.45) is -0.0488. The van der Waals surface area contributed by atoms with Gasteiger partial charge in [0.05, 0.1) is 33.9 Å². The lowest BCUT2D eigenvalue weighted by atomic mass is 10.0. The Kier molecular flexibility index (Phi) is 6.49. The molecule has 188 valence electrons. The van der Waals surface area contributed by atoms with E-state index in [1.54, 1.807) is 6.07 Å². The highest BCUT2D eigenvalue weighted by atomic mass is 19.1. The Morgan fingerprint density at radius 1 is 0.947 bits per heavy atom. The predicted octanol–water partition coefficient (Wildman–Crippen LogP) is 5.78. The van der Waals surface area contributed by atoms with E-state index in [0.29, 0.717) is 16.9 Å². The summed E-state index contributed by atoms with van der Waals surface area (Å²) in [5.41, 5.74) is 1.53. The van der Waals surface area contributed by atoms with E-state index in [9.17, 15) is 13.6 Å². The molecule has 0 fully saturated rings. The second-order valence-electron chi connectivity index (χ2n) is 8.39. The third-order valence-electron chi connectivity index (χ3n) is 5.83. The van der Waals surface area contributed by atoms with E-state index in [2.05, 4.69) is 15.0 Å². The average molecular weight is 514 g/mol. The van der Waals surface area contributed by atoms with Crippen molar-refractivity contribution in [3.05, 3.63) is 112 Å². The van der Waals surface area contributed by atoms with Crippen molar-refractivity contribution in [3.8, 4) is 23.2 Å². The Labute approximate surface area is 213 Å². The van der Waals surface area contributed by atoms with E-state index < -0.39 is 23.4 Å². The summed E-state index contributed by atoms with van der Waals surface area (Å²) >= 11 is 0. The molecule has 0 aliphatic rings. The monoisotopic (exact) mass is 514 g/mol. The van der Waals surface area contributed by atoms with Gasteiger partial charge in [0.2, 0.25) is 5.88 Å². The van der Waals surface area contributed by atoms with Crippen molar-refractivity contribution in [2.75, 3.05) is 0 Å². The highest BCUT2D eigenvalue weighted by Gasteiger charge is 2.16. The molecule has 3 aromatic carbocycles. The Bertz CT molecular complexity index is 1740. The predicted molar refractivity (Wildman–Crippen MR) is 131 cm³/mol. The van der Waals surface area contributed by atoms with Gasteiger partial charge in [0.25, 0.3) is 0 Å². The molecular formula is C28H17F3N4O3. The van der Waals surface area contributed by atoms with Crippen LogP contribution in [0.1, 0.15) is 32.9 Å². The van der Waals surface area contributed by atoms with Crippen molar-refractivity contribution in [1.29, 1.82) is 5.26 Å². The first-order valence-corrected chi connectivity index (χ1v) is 11.3. The minimum Gasteiger partial charge on any atom is -0.478 e. The fraction of sp³-hybridized carbons (Fsp3) is 0.0714. The van der Waals surface area contributed by atoms with Crippen molar-refractivity contribution in [2.24, 2.45) is 0 Å². The van der Waals surface area contributed by atoms with E-state index in [1.807, 2.05) is 6.07 Å². The number of pyridine rings is 1. The van der Waals surface area contributed by atoms with Gasteiger partial charge in [-0.2, -0.15) is 5.26 Å². The maximum atomic E-state index is 15.1. The molecular weight excluding hydrogens is 497 g/mol. The number of benzene rings is 3. The van der Waals surface area contributed by atoms with E-state index >= 15 is 4.39 Å². The standard InChI is InChI=1S/C28H17F3N4O3/c29-20-8-15(13-32)4-5-17(20)14-38-27-3-1-2-23(35-27)19-12-21(30)18(9-22(19)31)11-26-33-24-7-6-16(28(36)37)10-25(24)34-26/h1-10,12H,11,14H2,(H,33,34)(H,36,37). The number of nitrogens with one attached hydrogen (secondary N) is 1. The summed E-state index contributed by atoms with van der Waals surface area (Å²) in [7, 11) is 0. The van der Waals surface area contributed by atoms with E-state index in [-0.39, 0.29) is 52.4 Å². The van der Waals surface area contributed by atoms with Crippen molar-refractivity contribution in [2.45, 2.75) is 13.0 Å². The molecule has 0 unspecified atom stereocenters. The van der Waals surface area contributed by atoms with Crippen LogP contribution in [0.2, 0.25) is 0 Å². The van der Waals surface area contributed by atoms with E-state index in [0.717, 1.165) is 18.2 Å². The van der Waals surface area contributed by atoms with Gasteiger partial charge in [0, 0.05) is 23.6 Å². The third kappa shape index (κ3) is 5.03. The SMILES string of the molecule is N#Cc1ccc(COc2cccc(-c3cc(F)c(Cc4nc5ccc(C(=O)O)cc5[nH]4)cc3F)n2)c(F)c1. The third-order valence-corrected chi connectivity index (χ3v) is 5.83. The van der Waals surface area contributed by atoms with Gasteiger partial charge < -0.3 is 14.8 Å². The Balaban J connectivity index is 1.35. The number of carboxylic acid groups (broad SMARTS) is 1. The van der Waals surface area contributed by atoms with Crippen LogP contribution in [-0.2, 0) is 13.0 Å². The number of nitriles is 1. The first-order valence-electron chi connectivity index (χ1n) is 11.3. The summed E-state index contributed by atoms with van der Waals surface area (Å²) < 4.78 is 49.7. The molecule has 0 atom stereocenters. The van der Waals surface area contributed by atoms with Gasteiger partial charge >= 0.3 is 5.97 Å². The zero-order valence-electron chi connectivity index (χ0n) is 19.5. The minimum atomic E-state index is -1.09. The molecule has 0 spiro atoms. The summed E-state index contributed by atoms with van der Waals surface area (Å²) in [5, 5.41) is 18.0. The fourth-order valence-corrected chi connectivity index (χ4v) is 3.91. The van der Waals surface area contributed by atoms with Gasteiger partial charge in [-0.25, -0.2) is 27.9 Å². The smallest absolute Gasteiger partial charge is 0.335 e. The summed E-state index contributed by atoms with van der Waals surface area (Å²) in [4.78, 5) is 22.7. The lowest BCUT2D eigenvalue weighted by Gasteiger charge is -2.10. The van der Waals surface area contributed by atoms with Gasteiger partial charge in [-0.3, -0.25) is 0 Å². The van der Waals surface area contributed by atoms with Crippen LogP contribution in [-0.4, -0.2) is 26.0 Å². The van der Waals surface area contributed by atoms with Crippen molar-refractivity contribution < 1.29 is 27.8 Å². The molecule has 0 amide bonds. The molecule has 2 aromatic heterocycles. The largest absolute Gasteiger partial charge is 0.478 e. The number of fused-ring (bicyclic) bond motifs is 1. The maximum Gasteiger partial charge on any atom is 0.335 e. The molecule has 2 N–H and O–H groups in total. The van der Waals surface area contributed by atoms with Crippen LogP contribution in [0.25, 0.3) is 22.3 Å².